The first-order valence-corrected chi connectivity index (χ1v) is 9.05. The predicted octanol–water partition coefficient (Wildman–Crippen LogP) is 4.08. The van der Waals surface area contributed by atoms with E-state index in [1.807, 2.05) is 37.4 Å². The summed E-state index contributed by atoms with van der Waals surface area (Å²) in [5.41, 5.74) is 1.41. The van der Waals surface area contributed by atoms with E-state index in [4.69, 9.17) is 9.47 Å². The highest BCUT2D eigenvalue weighted by molar-refractivity contribution is 6.03. The molecule has 0 amide bonds. The van der Waals surface area contributed by atoms with E-state index in [9.17, 15) is 14.7 Å². The smallest absolute Gasteiger partial charge is 0.344 e. The molecular weight excluding hydrogens is 384 g/mol. The molecule has 7 heteroatoms. The van der Waals surface area contributed by atoms with Crippen LogP contribution in [0.25, 0.3) is 0 Å². The molecule has 3 rings (SSSR count). The average Bonchev–Trinajstić information content (AvgIpc) is 2.78. The second-order valence-corrected chi connectivity index (χ2v) is 6.25. The van der Waals surface area contributed by atoms with Crippen molar-refractivity contribution in [3.8, 4) is 11.5 Å². The summed E-state index contributed by atoms with van der Waals surface area (Å²) in [7, 11) is 3.27. The van der Waals surface area contributed by atoms with Gasteiger partial charge in [-0.2, -0.15) is 5.10 Å². The molecule has 152 valence electrons. The van der Waals surface area contributed by atoms with Crippen LogP contribution in [0.5, 0.6) is 11.5 Å². The number of carbonyl (C=O) groups excluding carboxylic acids is 1. The van der Waals surface area contributed by atoms with Crippen LogP contribution in [-0.2, 0) is 0 Å². The molecule has 0 aliphatic heterocycles. The lowest BCUT2D eigenvalue weighted by molar-refractivity contribution is 0.0666. The van der Waals surface area contributed by atoms with Crippen LogP contribution in [0.2, 0.25) is 0 Å². The molecule has 0 aromatic heterocycles. The summed E-state index contributed by atoms with van der Waals surface area (Å²) in [5, 5.41) is 15.4. The minimum Gasteiger partial charge on any atom is -0.493 e. The molecule has 0 spiro atoms. The molecule has 3 aromatic rings. The largest absolute Gasteiger partial charge is 0.493 e. The van der Waals surface area contributed by atoms with Gasteiger partial charge in [0.1, 0.15) is 0 Å². The first-order chi connectivity index (χ1) is 14.5. The van der Waals surface area contributed by atoms with E-state index >= 15 is 0 Å². The molecule has 0 radical (unpaired) electrons. The Bertz CT molecular complexity index is 1080. The first-order valence-electron chi connectivity index (χ1n) is 9.05. The lowest BCUT2D eigenvalue weighted by atomic mass is 10.1. The lowest BCUT2D eigenvalue weighted by Gasteiger charge is -2.13. The van der Waals surface area contributed by atoms with E-state index in [1.54, 1.807) is 41.6 Å². The predicted molar refractivity (Wildman–Crippen MR) is 114 cm³/mol. The zero-order valence-corrected chi connectivity index (χ0v) is 16.5. The number of esters is 1. The van der Waals surface area contributed by atoms with Crippen LogP contribution in [0.1, 0.15) is 26.3 Å². The normalized spacial score (nSPS) is 10.6. The van der Waals surface area contributed by atoms with Crippen LogP contribution in [0.3, 0.4) is 0 Å². The van der Waals surface area contributed by atoms with Crippen LogP contribution in [0.15, 0.2) is 77.9 Å². The number of benzene rings is 3. The van der Waals surface area contributed by atoms with Crippen molar-refractivity contribution in [2.45, 2.75) is 0 Å². The fourth-order valence-electron chi connectivity index (χ4n) is 2.72. The Hall–Kier alpha value is -4.13. The number of methoxy groups -OCH3 is 1. The minimum atomic E-state index is -1.21. The maximum absolute atomic E-state index is 12.6. The third-order valence-corrected chi connectivity index (χ3v) is 4.28. The van der Waals surface area contributed by atoms with Crippen molar-refractivity contribution < 1.29 is 24.2 Å². The molecule has 0 unspecified atom stereocenters. The molecule has 30 heavy (non-hydrogen) atoms. The number of aromatic carboxylic acids is 1. The molecule has 7 nitrogen and oxygen atoms in total. The van der Waals surface area contributed by atoms with Crippen molar-refractivity contribution in [1.29, 1.82) is 0 Å². The monoisotopic (exact) mass is 404 g/mol. The van der Waals surface area contributed by atoms with Crippen molar-refractivity contribution in [2.24, 2.45) is 5.10 Å². The molecule has 1 N–H and O–H groups in total. The number of ether oxygens (including phenoxy) is 2. The Morgan fingerprint density at radius 3 is 2.27 bits per heavy atom. The fraction of sp³-hybridized carbons (Fsp3) is 0.0870. The van der Waals surface area contributed by atoms with Gasteiger partial charge in [-0.25, -0.2) is 9.59 Å². The standard InChI is InChI=1S/C23H20N2O5/c1-25(17-8-4-3-5-9-17)24-15-16-12-13-20(29-2)21(14-16)30-23(28)19-11-7-6-10-18(19)22(26)27/h3-15H,1-2H3,(H,26,27). The molecule has 0 saturated heterocycles. The summed E-state index contributed by atoms with van der Waals surface area (Å²) in [4.78, 5) is 24.0. The third-order valence-electron chi connectivity index (χ3n) is 4.28. The summed E-state index contributed by atoms with van der Waals surface area (Å²) in [6, 6.07) is 20.5. The van der Waals surface area contributed by atoms with Crippen molar-refractivity contribution in [3.05, 3.63) is 89.5 Å². The Balaban J connectivity index is 1.84. The second-order valence-electron chi connectivity index (χ2n) is 6.25. The van der Waals surface area contributed by atoms with Gasteiger partial charge in [0, 0.05) is 7.05 Å². The van der Waals surface area contributed by atoms with Crippen LogP contribution < -0.4 is 14.5 Å². The van der Waals surface area contributed by atoms with Gasteiger partial charge >= 0.3 is 11.9 Å². The van der Waals surface area contributed by atoms with E-state index in [2.05, 4.69) is 5.10 Å². The topological polar surface area (TPSA) is 88.4 Å². The number of carboxylic acid groups (broad SMARTS) is 1. The number of hydrogen-bond donors (Lipinski definition) is 1. The summed E-state index contributed by atoms with van der Waals surface area (Å²) in [6.45, 7) is 0. The van der Waals surface area contributed by atoms with Crippen LogP contribution in [0, 0.1) is 0 Å². The molecule has 0 heterocycles. The number of rotatable bonds is 7. The van der Waals surface area contributed by atoms with Gasteiger partial charge in [0.2, 0.25) is 0 Å². The number of carbonyl (C=O) groups is 2. The van der Waals surface area contributed by atoms with Crippen molar-refractivity contribution >= 4 is 23.8 Å². The van der Waals surface area contributed by atoms with Crippen molar-refractivity contribution in [2.75, 3.05) is 19.2 Å². The number of anilines is 1. The number of carboxylic acids is 1. The Kier molecular flexibility index (Phi) is 6.44. The van der Waals surface area contributed by atoms with Crippen molar-refractivity contribution in [3.63, 3.8) is 0 Å². The van der Waals surface area contributed by atoms with Gasteiger partial charge in [-0.05, 0) is 48.0 Å². The van der Waals surface area contributed by atoms with Gasteiger partial charge in [-0.1, -0.05) is 30.3 Å². The number of nitrogens with zero attached hydrogens (tertiary/aromatic N) is 2. The maximum Gasteiger partial charge on any atom is 0.344 e. The van der Waals surface area contributed by atoms with Crippen molar-refractivity contribution in [1.82, 2.24) is 0 Å². The van der Waals surface area contributed by atoms with Gasteiger partial charge in [-0.3, -0.25) is 5.01 Å². The highest BCUT2D eigenvalue weighted by atomic mass is 16.6. The highest BCUT2D eigenvalue weighted by Gasteiger charge is 2.19. The molecule has 3 aromatic carbocycles. The summed E-state index contributed by atoms with van der Waals surface area (Å²) in [5.74, 6) is -1.50. The maximum atomic E-state index is 12.6. The van der Waals surface area contributed by atoms with Crippen LogP contribution in [-0.4, -0.2) is 37.4 Å². The molecule has 0 bridgehead atoms. The third kappa shape index (κ3) is 4.82. The first kappa shape index (κ1) is 20.6. The zero-order chi connectivity index (χ0) is 21.5. The second kappa shape index (κ2) is 9.38. The molecule has 0 atom stereocenters. The van der Waals surface area contributed by atoms with E-state index in [1.165, 1.54) is 19.2 Å². The zero-order valence-electron chi connectivity index (χ0n) is 16.5. The Morgan fingerprint density at radius 1 is 0.933 bits per heavy atom. The number of hydrogen-bond acceptors (Lipinski definition) is 6. The number of hydrazone groups is 1. The molecular formula is C23H20N2O5. The molecule has 0 aliphatic carbocycles. The van der Waals surface area contributed by atoms with Gasteiger partial charge in [0.25, 0.3) is 0 Å². The van der Waals surface area contributed by atoms with Gasteiger partial charge < -0.3 is 14.6 Å². The lowest BCUT2D eigenvalue weighted by Crippen LogP contribution is -2.14. The highest BCUT2D eigenvalue weighted by Crippen LogP contribution is 2.29. The summed E-state index contributed by atoms with van der Waals surface area (Å²) in [6.07, 6.45) is 1.62. The molecule has 0 fully saturated rings. The van der Waals surface area contributed by atoms with E-state index in [0.29, 0.717) is 11.3 Å². The molecule has 0 saturated carbocycles. The van der Waals surface area contributed by atoms with E-state index in [-0.39, 0.29) is 16.9 Å². The van der Waals surface area contributed by atoms with E-state index in [0.717, 1.165) is 5.69 Å². The summed E-state index contributed by atoms with van der Waals surface area (Å²) < 4.78 is 10.7. The molecule has 0 aliphatic rings. The minimum absolute atomic E-state index is 0.0464. The van der Waals surface area contributed by atoms with Crippen LogP contribution in [0.4, 0.5) is 5.69 Å². The summed E-state index contributed by atoms with van der Waals surface area (Å²) >= 11 is 0. The Labute approximate surface area is 173 Å². The van der Waals surface area contributed by atoms with Gasteiger partial charge in [0.05, 0.1) is 30.1 Å². The quantitative estimate of drug-likeness (QED) is 0.276. The van der Waals surface area contributed by atoms with E-state index < -0.39 is 11.9 Å². The Morgan fingerprint density at radius 2 is 1.60 bits per heavy atom. The fourth-order valence-corrected chi connectivity index (χ4v) is 2.72. The number of para-hydroxylation sites is 1. The van der Waals surface area contributed by atoms with Gasteiger partial charge in [-0.15, -0.1) is 0 Å². The SMILES string of the molecule is COc1ccc(C=NN(C)c2ccccc2)cc1OC(=O)c1ccccc1C(=O)O. The van der Waals surface area contributed by atoms with Gasteiger partial charge in [0.15, 0.2) is 11.5 Å². The average molecular weight is 404 g/mol. The van der Waals surface area contributed by atoms with Crippen LogP contribution >= 0.6 is 0 Å².